The first-order chi connectivity index (χ1) is 13.5. The van der Waals surface area contributed by atoms with Gasteiger partial charge in [0.15, 0.2) is 5.96 Å². The van der Waals surface area contributed by atoms with Gasteiger partial charge in [-0.25, -0.2) is 0 Å². The van der Waals surface area contributed by atoms with E-state index in [9.17, 15) is 13.2 Å². The van der Waals surface area contributed by atoms with Crippen molar-refractivity contribution in [3.63, 3.8) is 0 Å². The van der Waals surface area contributed by atoms with Crippen LogP contribution in [0.1, 0.15) is 17.5 Å². The smallest absolute Gasteiger partial charge is 0.371 e. The molecule has 0 spiro atoms. The van der Waals surface area contributed by atoms with E-state index in [-0.39, 0.29) is 30.5 Å². The number of rotatable bonds is 5. The van der Waals surface area contributed by atoms with Gasteiger partial charge in [-0.1, -0.05) is 30.3 Å². The maximum absolute atomic E-state index is 12.8. The normalized spacial score (nSPS) is 17.0. The first kappa shape index (κ1) is 23.3. The average Bonchev–Trinajstić information content (AvgIpc) is 3.17. The second-order valence-electron chi connectivity index (χ2n) is 6.94. The van der Waals surface area contributed by atoms with Gasteiger partial charge in [0.1, 0.15) is 0 Å². The maximum atomic E-state index is 12.8. The zero-order valence-corrected chi connectivity index (χ0v) is 18.6. The van der Waals surface area contributed by atoms with Crippen molar-refractivity contribution in [3.8, 4) is 0 Å². The lowest BCUT2D eigenvalue weighted by Gasteiger charge is -2.19. The van der Waals surface area contributed by atoms with E-state index in [1.54, 1.807) is 13.1 Å². The van der Waals surface area contributed by atoms with E-state index in [0.29, 0.717) is 17.4 Å². The van der Waals surface area contributed by atoms with E-state index in [4.69, 9.17) is 0 Å². The van der Waals surface area contributed by atoms with Crippen LogP contribution in [0.5, 0.6) is 0 Å². The summed E-state index contributed by atoms with van der Waals surface area (Å²) in [5, 5.41) is 6.38. The number of para-hydroxylation sites is 1. The van der Waals surface area contributed by atoms with E-state index in [1.165, 1.54) is 11.8 Å². The molecular weight excluding hydrogens is 492 g/mol. The molecule has 4 nitrogen and oxygen atoms in total. The largest absolute Gasteiger partial charge is 0.416 e. The third kappa shape index (κ3) is 6.80. The summed E-state index contributed by atoms with van der Waals surface area (Å²) in [4.78, 5) is 6.54. The Morgan fingerprint density at radius 1 is 1.10 bits per heavy atom. The van der Waals surface area contributed by atoms with Gasteiger partial charge in [0, 0.05) is 38.9 Å². The highest BCUT2D eigenvalue weighted by Crippen LogP contribution is 2.29. The van der Waals surface area contributed by atoms with Crippen LogP contribution < -0.4 is 15.5 Å². The fourth-order valence-corrected chi connectivity index (χ4v) is 3.38. The summed E-state index contributed by atoms with van der Waals surface area (Å²) in [6.07, 6.45) is -3.24. The Kier molecular flexibility index (Phi) is 8.60. The summed E-state index contributed by atoms with van der Waals surface area (Å²) in [6, 6.07) is 15.7. The van der Waals surface area contributed by atoms with Crippen molar-refractivity contribution in [2.24, 2.45) is 10.9 Å². The number of halogens is 4. The first-order valence-electron chi connectivity index (χ1n) is 9.36. The molecule has 2 N–H and O–H groups in total. The zero-order valence-electron chi connectivity index (χ0n) is 16.2. The molecule has 1 fully saturated rings. The van der Waals surface area contributed by atoms with E-state index in [2.05, 4.69) is 32.7 Å². The Balaban J connectivity index is 0.00000300. The molecule has 0 aliphatic carbocycles. The maximum Gasteiger partial charge on any atom is 0.416 e. The highest BCUT2D eigenvalue weighted by Gasteiger charge is 2.30. The molecule has 2 aromatic rings. The lowest BCUT2D eigenvalue weighted by Crippen LogP contribution is -2.40. The highest BCUT2D eigenvalue weighted by atomic mass is 127. The van der Waals surface area contributed by atoms with Crippen LogP contribution >= 0.6 is 24.0 Å². The standard InChI is InChI=1S/C21H25F3N4.HI/c1-25-20(26-13-16-6-5-7-18(12-16)21(22,23)24)27-14-17-10-11-28(15-17)19-8-3-2-4-9-19;/h2-9,12,17H,10-11,13-15H2,1H3,(H2,25,26,27);1H. The predicted octanol–water partition coefficient (Wildman–Crippen LogP) is 4.51. The van der Waals surface area contributed by atoms with Gasteiger partial charge in [0.05, 0.1) is 5.56 Å². The number of hydrogen-bond acceptors (Lipinski definition) is 2. The van der Waals surface area contributed by atoms with Gasteiger partial charge >= 0.3 is 6.18 Å². The molecule has 8 heteroatoms. The third-order valence-electron chi connectivity index (χ3n) is 4.90. The van der Waals surface area contributed by atoms with Crippen LogP contribution in [0, 0.1) is 5.92 Å². The Labute approximate surface area is 186 Å². The third-order valence-corrected chi connectivity index (χ3v) is 4.90. The second kappa shape index (κ2) is 10.7. The molecular formula is C21H26F3IN4. The summed E-state index contributed by atoms with van der Waals surface area (Å²) in [5.74, 6) is 1.09. The van der Waals surface area contributed by atoms with E-state index in [0.717, 1.165) is 38.2 Å². The number of hydrogen-bond donors (Lipinski definition) is 2. The molecule has 1 aliphatic heterocycles. The summed E-state index contributed by atoms with van der Waals surface area (Å²) < 4.78 is 38.5. The number of anilines is 1. The van der Waals surface area contributed by atoms with Gasteiger partial charge in [-0.15, -0.1) is 24.0 Å². The predicted molar refractivity (Wildman–Crippen MR) is 122 cm³/mol. The van der Waals surface area contributed by atoms with Gasteiger partial charge in [0.2, 0.25) is 0 Å². The van der Waals surface area contributed by atoms with Crippen molar-refractivity contribution in [2.45, 2.75) is 19.1 Å². The van der Waals surface area contributed by atoms with Crippen LogP contribution in [0.2, 0.25) is 0 Å². The van der Waals surface area contributed by atoms with Crippen LogP contribution in [0.3, 0.4) is 0 Å². The minimum atomic E-state index is -4.33. The molecule has 29 heavy (non-hydrogen) atoms. The fourth-order valence-electron chi connectivity index (χ4n) is 3.38. The second-order valence-corrected chi connectivity index (χ2v) is 6.94. The lowest BCUT2D eigenvalue weighted by atomic mass is 10.1. The molecule has 1 atom stereocenters. The highest BCUT2D eigenvalue weighted by molar-refractivity contribution is 14.0. The number of alkyl halides is 3. The molecule has 0 radical (unpaired) electrons. The fraction of sp³-hybridized carbons (Fsp3) is 0.381. The average molecular weight is 518 g/mol. The zero-order chi connectivity index (χ0) is 20.0. The summed E-state index contributed by atoms with van der Waals surface area (Å²) >= 11 is 0. The van der Waals surface area contributed by atoms with E-state index >= 15 is 0 Å². The van der Waals surface area contributed by atoms with Crippen LogP contribution in [0.4, 0.5) is 18.9 Å². The molecule has 0 saturated carbocycles. The summed E-state index contributed by atoms with van der Waals surface area (Å²) in [5.41, 5.74) is 1.16. The number of aliphatic imine (C=N–C) groups is 1. The van der Waals surface area contributed by atoms with Crippen LogP contribution in [-0.2, 0) is 12.7 Å². The number of benzene rings is 2. The lowest BCUT2D eigenvalue weighted by molar-refractivity contribution is -0.137. The van der Waals surface area contributed by atoms with Crippen molar-refractivity contribution in [1.82, 2.24) is 10.6 Å². The van der Waals surface area contributed by atoms with Crippen LogP contribution in [0.15, 0.2) is 59.6 Å². The van der Waals surface area contributed by atoms with Crippen molar-refractivity contribution in [1.29, 1.82) is 0 Å². The minimum absolute atomic E-state index is 0. The molecule has 0 amide bonds. The van der Waals surface area contributed by atoms with Crippen molar-refractivity contribution < 1.29 is 13.2 Å². The first-order valence-corrected chi connectivity index (χ1v) is 9.36. The monoisotopic (exact) mass is 518 g/mol. The molecule has 158 valence electrons. The quantitative estimate of drug-likeness (QED) is 0.348. The molecule has 1 aliphatic rings. The number of nitrogens with one attached hydrogen (secondary N) is 2. The number of guanidine groups is 1. The minimum Gasteiger partial charge on any atom is -0.371 e. The van der Waals surface area contributed by atoms with Gasteiger partial charge in [-0.3, -0.25) is 4.99 Å². The van der Waals surface area contributed by atoms with Gasteiger partial charge in [-0.05, 0) is 42.2 Å². The molecule has 1 heterocycles. The molecule has 1 saturated heterocycles. The Morgan fingerprint density at radius 2 is 1.86 bits per heavy atom. The van der Waals surface area contributed by atoms with Crippen molar-refractivity contribution in [3.05, 3.63) is 65.7 Å². The van der Waals surface area contributed by atoms with Crippen LogP contribution in [0.25, 0.3) is 0 Å². The molecule has 1 unspecified atom stereocenters. The summed E-state index contributed by atoms with van der Waals surface area (Å²) in [6.45, 7) is 3.05. The Morgan fingerprint density at radius 3 is 2.55 bits per heavy atom. The molecule has 0 aromatic heterocycles. The SMILES string of the molecule is CN=C(NCc1cccc(C(F)(F)F)c1)NCC1CCN(c2ccccc2)C1.I. The molecule has 2 aromatic carbocycles. The van der Waals surface area contributed by atoms with Gasteiger partial charge in [0.25, 0.3) is 0 Å². The Hall–Kier alpha value is -1.97. The van der Waals surface area contributed by atoms with E-state index in [1.807, 2.05) is 18.2 Å². The molecule has 0 bridgehead atoms. The number of nitrogens with zero attached hydrogens (tertiary/aromatic N) is 2. The van der Waals surface area contributed by atoms with Crippen molar-refractivity contribution >= 4 is 35.6 Å². The van der Waals surface area contributed by atoms with Crippen molar-refractivity contribution in [2.75, 3.05) is 31.6 Å². The van der Waals surface area contributed by atoms with Crippen LogP contribution in [-0.4, -0.2) is 32.6 Å². The van der Waals surface area contributed by atoms with E-state index < -0.39 is 11.7 Å². The Bertz CT molecular complexity index is 796. The van der Waals surface area contributed by atoms with Gasteiger partial charge in [-0.2, -0.15) is 13.2 Å². The summed E-state index contributed by atoms with van der Waals surface area (Å²) in [7, 11) is 1.66. The molecule has 3 rings (SSSR count). The topological polar surface area (TPSA) is 39.7 Å². The van der Waals surface area contributed by atoms with Gasteiger partial charge < -0.3 is 15.5 Å².